The van der Waals surface area contributed by atoms with Gasteiger partial charge in [0.2, 0.25) is 5.91 Å². The summed E-state index contributed by atoms with van der Waals surface area (Å²) in [4.78, 5) is 12.0. The summed E-state index contributed by atoms with van der Waals surface area (Å²) in [6, 6.07) is 0. The highest BCUT2D eigenvalue weighted by molar-refractivity contribution is 5.79. The van der Waals surface area contributed by atoms with Crippen LogP contribution < -0.4 is 5.32 Å². The van der Waals surface area contributed by atoms with Crippen molar-refractivity contribution < 1.29 is 18.3 Å². The zero-order chi connectivity index (χ0) is 15.6. The predicted molar refractivity (Wildman–Crippen MR) is 77.1 cm³/mol. The molecule has 0 bridgehead atoms. The number of carbonyl (C=O) groups excluding carboxylic acids is 1. The normalized spacial score (nSPS) is 31.0. The highest BCUT2D eigenvalue weighted by Gasteiger charge is 2.72. The molecular weight excluding hydrogens is 276 g/mol. The molecule has 5 heteroatoms. The smallest absolute Gasteiger partial charge is 0.254 e. The summed E-state index contributed by atoms with van der Waals surface area (Å²) in [7, 11) is 1.71. The fraction of sp³-hybridized carbons (Fsp3) is 0.938. The molecule has 0 saturated heterocycles. The number of amides is 1. The molecule has 4 atom stereocenters. The van der Waals surface area contributed by atoms with Crippen LogP contribution in [0.25, 0.3) is 0 Å². The van der Waals surface area contributed by atoms with Crippen molar-refractivity contribution in [3.8, 4) is 0 Å². The standard InChI is InChI=1S/C16H27F2NO2/c1-4-10(5-2)14(21-3)6-7-19-15(20)11-8-12-13(9-11)16(12,17)18/h10-14H,4-9H2,1-3H3,(H,19,20)/t11?,12-,13+,14?. The fourth-order valence-corrected chi connectivity index (χ4v) is 3.87. The Morgan fingerprint density at radius 2 is 1.86 bits per heavy atom. The number of nitrogens with one attached hydrogen (secondary N) is 1. The average Bonchev–Trinajstić information content (AvgIpc) is 2.85. The minimum Gasteiger partial charge on any atom is -0.381 e. The number of alkyl halides is 2. The van der Waals surface area contributed by atoms with E-state index in [1.807, 2.05) is 0 Å². The van der Waals surface area contributed by atoms with E-state index in [-0.39, 0.29) is 17.9 Å². The summed E-state index contributed by atoms with van der Waals surface area (Å²) in [6.07, 6.45) is 3.76. The molecular formula is C16H27F2NO2. The van der Waals surface area contributed by atoms with Gasteiger partial charge in [0.15, 0.2) is 0 Å². The summed E-state index contributed by atoms with van der Waals surface area (Å²) >= 11 is 0. The van der Waals surface area contributed by atoms with E-state index in [0.717, 1.165) is 19.3 Å². The van der Waals surface area contributed by atoms with E-state index in [4.69, 9.17) is 4.74 Å². The second-order valence-electron chi connectivity index (χ2n) is 6.49. The van der Waals surface area contributed by atoms with E-state index >= 15 is 0 Å². The molecule has 122 valence electrons. The van der Waals surface area contributed by atoms with Gasteiger partial charge in [-0.25, -0.2) is 8.78 Å². The molecule has 2 rings (SSSR count). The van der Waals surface area contributed by atoms with Crippen molar-refractivity contribution in [1.82, 2.24) is 5.32 Å². The highest BCUT2D eigenvalue weighted by atomic mass is 19.3. The first-order valence-electron chi connectivity index (χ1n) is 8.13. The highest BCUT2D eigenvalue weighted by Crippen LogP contribution is 2.65. The van der Waals surface area contributed by atoms with E-state index in [2.05, 4.69) is 19.2 Å². The van der Waals surface area contributed by atoms with Gasteiger partial charge in [0.1, 0.15) is 0 Å². The van der Waals surface area contributed by atoms with Crippen molar-refractivity contribution in [2.24, 2.45) is 23.7 Å². The third-order valence-electron chi connectivity index (χ3n) is 5.42. The maximum atomic E-state index is 13.1. The van der Waals surface area contributed by atoms with Crippen LogP contribution in [0.5, 0.6) is 0 Å². The van der Waals surface area contributed by atoms with Gasteiger partial charge in [0.05, 0.1) is 6.10 Å². The molecule has 0 aliphatic heterocycles. The van der Waals surface area contributed by atoms with Gasteiger partial charge in [0.25, 0.3) is 5.92 Å². The molecule has 1 N–H and O–H groups in total. The lowest BCUT2D eigenvalue weighted by Crippen LogP contribution is -2.34. The second-order valence-corrected chi connectivity index (χ2v) is 6.49. The molecule has 2 aliphatic carbocycles. The molecule has 2 aliphatic rings. The van der Waals surface area contributed by atoms with Crippen LogP contribution in [-0.2, 0) is 9.53 Å². The Morgan fingerprint density at radius 3 is 2.33 bits per heavy atom. The largest absolute Gasteiger partial charge is 0.381 e. The number of hydrogen-bond donors (Lipinski definition) is 1. The lowest BCUT2D eigenvalue weighted by Gasteiger charge is -2.24. The Labute approximate surface area is 125 Å². The van der Waals surface area contributed by atoms with Crippen molar-refractivity contribution in [2.45, 2.75) is 58.0 Å². The Morgan fingerprint density at radius 1 is 1.29 bits per heavy atom. The quantitative estimate of drug-likeness (QED) is 0.747. The van der Waals surface area contributed by atoms with E-state index in [0.29, 0.717) is 25.3 Å². The van der Waals surface area contributed by atoms with Crippen molar-refractivity contribution >= 4 is 5.91 Å². The average molecular weight is 303 g/mol. The molecule has 0 radical (unpaired) electrons. The van der Waals surface area contributed by atoms with Crippen molar-refractivity contribution in [3.05, 3.63) is 0 Å². The Hall–Kier alpha value is -0.710. The number of halogens is 2. The topological polar surface area (TPSA) is 38.3 Å². The van der Waals surface area contributed by atoms with Crippen LogP contribution >= 0.6 is 0 Å². The van der Waals surface area contributed by atoms with Crippen molar-refractivity contribution in [3.63, 3.8) is 0 Å². The summed E-state index contributed by atoms with van der Waals surface area (Å²) in [5, 5.41) is 2.90. The Bertz CT molecular complexity index is 357. The number of ether oxygens (including phenoxy) is 1. The van der Waals surface area contributed by atoms with Crippen LogP contribution in [0.2, 0.25) is 0 Å². The third-order valence-corrected chi connectivity index (χ3v) is 5.42. The van der Waals surface area contributed by atoms with Gasteiger partial charge in [-0.15, -0.1) is 0 Å². The van der Waals surface area contributed by atoms with Crippen LogP contribution in [0.1, 0.15) is 46.0 Å². The first-order valence-corrected chi connectivity index (χ1v) is 8.13. The van der Waals surface area contributed by atoms with Gasteiger partial charge < -0.3 is 10.1 Å². The minimum absolute atomic E-state index is 0.0580. The molecule has 2 saturated carbocycles. The van der Waals surface area contributed by atoms with E-state index < -0.39 is 17.8 Å². The lowest BCUT2D eigenvalue weighted by molar-refractivity contribution is -0.125. The van der Waals surface area contributed by atoms with Crippen molar-refractivity contribution in [1.29, 1.82) is 0 Å². The molecule has 3 nitrogen and oxygen atoms in total. The molecule has 0 aromatic rings. The lowest BCUT2D eigenvalue weighted by atomic mass is 9.94. The zero-order valence-corrected chi connectivity index (χ0v) is 13.2. The zero-order valence-electron chi connectivity index (χ0n) is 13.2. The molecule has 0 spiro atoms. The molecule has 0 heterocycles. The van der Waals surface area contributed by atoms with Crippen LogP contribution in [-0.4, -0.2) is 31.6 Å². The Balaban J connectivity index is 1.68. The van der Waals surface area contributed by atoms with Crippen LogP contribution in [0, 0.1) is 23.7 Å². The first-order chi connectivity index (χ1) is 9.95. The molecule has 2 fully saturated rings. The number of methoxy groups -OCH3 is 1. The second kappa shape index (κ2) is 6.59. The summed E-state index contributed by atoms with van der Waals surface area (Å²) in [6.45, 7) is 4.85. The Kier molecular flexibility index (Phi) is 5.23. The van der Waals surface area contributed by atoms with E-state index in [1.54, 1.807) is 7.11 Å². The van der Waals surface area contributed by atoms with Gasteiger partial charge in [-0.1, -0.05) is 26.7 Å². The molecule has 0 aromatic heterocycles. The van der Waals surface area contributed by atoms with Gasteiger partial charge in [-0.05, 0) is 25.2 Å². The minimum atomic E-state index is -2.49. The van der Waals surface area contributed by atoms with Gasteiger partial charge in [-0.2, -0.15) is 0 Å². The van der Waals surface area contributed by atoms with Crippen molar-refractivity contribution in [2.75, 3.05) is 13.7 Å². The maximum Gasteiger partial charge on any atom is 0.254 e. The summed E-state index contributed by atoms with van der Waals surface area (Å²) in [5.41, 5.74) is 0. The SMILES string of the molecule is CCC(CC)C(CCNC(=O)C1C[C@@H]2[C@H](C1)C2(F)F)OC. The van der Waals surface area contributed by atoms with Gasteiger partial charge in [0, 0.05) is 31.4 Å². The number of fused-ring (bicyclic) bond motifs is 1. The number of hydrogen-bond acceptors (Lipinski definition) is 2. The number of rotatable bonds is 8. The summed E-state index contributed by atoms with van der Waals surface area (Å²) in [5.74, 6) is -3.34. The molecule has 0 aromatic carbocycles. The maximum absolute atomic E-state index is 13.1. The van der Waals surface area contributed by atoms with Crippen LogP contribution in [0.15, 0.2) is 0 Å². The fourth-order valence-electron chi connectivity index (χ4n) is 3.87. The first kappa shape index (κ1) is 16.7. The van der Waals surface area contributed by atoms with Crippen LogP contribution in [0.3, 0.4) is 0 Å². The van der Waals surface area contributed by atoms with Crippen LogP contribution in [0.4, 0.5) is 8.78 Å². The molecule has 21 heavy (non-hydrogen) atoms. The number of carbonyl (C=O) groups is 1. The summed E-state index contributed by atoms with van der Waals surface area (Å²) < 4.78 is 31.7. The van der Waals surface area contributed by atoms with Gasteiger partial charge >= 0.3 is 0 Å². The molecule has 1 amide bonds. The monoisotopic (exact) mass is 303 g/mol. The predicted octanol–water partition coefficient (Wildman–Crippen LogP) is 3.24. The van der Waals surface area contributed by atoms with Gasteiger partial charge in [-0.3, -0.25) is 4.79 Å². The van der Waals surface area contributed by atoms with E-state index in [1.165, 1.54) is 0 Å². The van der Waals surface area contributed by atoms with E-state index in [9.17, 15) is 13.6 Å². The third kappa shape index (κ3) is 3.38. The molecule has 2 unspecified atom stereocenters.